The van der Waals surface area contributed by atoms with E-state index < -0.39 is 0 Å². The Labute approximate surface area is 143 Å². The number of aromatic nitrogens is 4. The number of hydrogen-bond acceptors (Lipinski definition) is 5. The summed E-state index contributed by atoms with van der Waals surface area (Å²) in [5.41, 5.74) is 1.91. The number of para-hydroxylation sites is 1. The second kappa shape index (κ2) is 6.20. The maximum absolute atomic E-state index is 12.3. The van der Waals surface area contributed by atoms with Gasteiger partial charge in [-0.05, 0) is 31.2 Å². The first-order valence-electron chi connectivity index (χ1n) is 7.80. The zero-order chi connectivity index (χ0) is 17.2. The first kappa shape index (κ1) is 15.1. The van der Waals surface area contributed by atoms with Gasteiger partial charge >= 0.3 is 0 Å². The predicted molar refractivity (Wildman–Crippen MR) is 92.4 cm³/mol. The molecule has 1 N–H and O–H groups in total. The number of hydrogen-bond donors (Lipinski definition) is 1. The summed E-state index contributed by atoms with van der Waals surface area (Å²) >= 11 is 0. The average molecular weight is 333 g/mol. The molecule has 0 unspecified atom stereocenters. The van der Waals surface area contributed by atoms with E-state index in [1.807, 2.05) is 48.0 Å². The number of nitrogens with zero attached hydrogens (tertiary/aromatic N) is 4. The molecule has 1 aromatic carbocycles. The van der Waals surface area contributed by atoms with E-state index in [0.29, 0.717) is 17.0 Å². The maximum Gasteiger partial charge on any atom is 0.230 e. The number of benzene rings is 1. The first-order valence-corrected chi connectivity index (χ1v) is 7.80. The number of nitrogens with one attached hydrogen (secondary N) is 1. The van der Waals surface area contributed by atoms with Crippen molar-refractivity contribution in [2.75, 3.05) is 5.32 Å². The van der Waals surface area contributed by atoms with Gasteiger partial charge in [-0.25, -0.2) is 9.97 Å². The SMILES string of the molecule is Cc1nccn1-c1ccc(NC(=O)Cc2noc3ccccc23)cn1. The summed E-state index contributed by atoms with van der Waals surface area (Å²) in [5, 5.41) is 7.65. The van der Waals surface area contributed by atoms with Crippen LogP contribution < -0.4 is 5.32 Å². The zero-order valence-corrected chi connectivity index (χ0v) is 13.5. The van der Waals surface area contributed by atoms with E-state index in [1.54, 1.807) is 18.5 Å². The van der Waals surface area contributed by atoms with Crippen LogP contribution in [0.2, 0.25) is 0 Å². The topological polar surface area (TPSA) is 85.8 Å². The lowest BCUT2D eigenvalue weighted by atomic mass is 10.1. The van der Waals surface area contributed by atoms with Crippen molar-refractivity contribution in [1.29, 1.82) is 0 Å². The van der Waals surface area contributed by atoms with Gasteiger partial charge in [0.15, 0.2) is 5.58 Å². The molecule has 3 heterocycles. The summed E-state index contributed by atoms with van der Waals surface area (Å²) in [5.74, 6) is 1.42. The summed E-state index contributed by atoms with van der Waals surface area (Å²) in [6.45, 7) is 1.90. The normalized spacial score (nSPS) is 10.9. The monoisotopic (exact) mass is 333 g/mol. The molecule has 124 valence electrons. The largest absolute Gasteiger partial charge is 0.356 e. The molecule has 25 heavy (non-hydrogen) atoms. The van der Waals surface area contributed by atoms with Crippen LogP contribution in [0.3, 0.4) is 0 Å². The molecule has 0 fully saturated rings. The Bertz CT molecular complexity index is 1030. The Morgan fingerprint density at radius 2 is 2.08 bits per heavy atom. The number of anilines is 1. The Hall–Kier alpha value is -3.48. The van der Waals surface area contributed by atoms with Crippen molar-refractivity contribution < 1.29 is 9.32 Å². The van der Waals surface area contributed by atoms with Gasteiger partial charge in [0.1, 0.15) is 17.3 Å². The quantitative estimate of drug-likeness (QED) is 0.620. The van der Waals surface area contributed by atoms with Crippen LogP contribution in [-0.4, -0.2) is 25.6 Å². The molecule has 0 aliphatic heterocycles. The molecule has 0 saturated carbocycles. The fourth-order valence-electron chi connectivity index (χ4n) is 2.65. The maximum atomic E-state index is 12.3. The van der Waals surface area contributed by atoms with Crippen LogP contribution >= 0.6 is 0 Å². The van der Waals surface area contributed by atoms with Gasteiger partial charge in [-0.1, -0.05) is 17.3 Å². The van der Waals surface area contributed by atoms with Gasteiger partial charge in [0, 0.05) is 17.8 Å². The van der Waals surface area contributed by atoms with Gasteiger partial charge in [0.25, 0.3) is 0 Å². The summed E-state index contributed by atoms with van der Waals surface area (Å²) in [6, 6.07) is 11.1. The third-order valence-electron chi connectivity index (χ3n) is 3.88. The lowest BCUT2D eigenvalue weighted by Crippen LogP contribution is -2.15. The highest BCUT2D eigenvalue weighted by Crippen LogP contribution is 2.19. The summed E-state index contributed by atoms with van der Waals surface area (Å²) in [7, 11) is 0. The molecular formula is C18H15N5O2. The third-order valence-corrected chi connectivity index (χ3v) is 3.88. The highest BCUT2D eigenvalue weighted by atomic mass is 16.5. The minimum Gasteiger partial charge on any atom is -0.356 e. The van der Waals surface area contributed by atoms with Crippen LogP contribution in [-0.2, 0) is 11.2 Å². The Balaban J connectivity index is 1.47. The number of amides is 1. The molecule has 1 amide bonds. The second-order valence-electron chi connectivity index (χ2n) is 5.60. The molecule has 0 aliphatic carbocycles. The van der Waals surface area contributed by atoms with E-state index in [4.69, 9.17) is 4.52 Å². The highest BCUT2D eigenvalue weighted by Gasteiger charge is 2.12. The number of imidazole rings is 1. The lowest BCUT2D eigenvalue weighted by Gasteiger charge is -2.07. The Morgan fingerprint density at radius 1 is 1.20 bits per heavy atom. The molecule has 0 aliphatic rings. The lowest BCUT2D eigenvalue weighted by molar-refractivity contribution is -0.115. The molecule has 0 saturated heterocycles. The van der Waals surface area contributed by atoms with Gasteiger partial charge in [-0.2, -0.15) is 0 Å². The Kier molecular flexibility index (Phi) is 3.74. The van der Waals surface area contributed by atoms with Gasteiger partial charge in [-0.15, -0.1) is 0 Å². The van der Waals surface area contributed by atoms with Crippen LogP contribution in [0, 0.1) is 6.92 Å². The first-order chi connectivity index (χ1) is 12.2. The number of aryl methyl sites for hydroxylation is 1. The predicted octanol–water partition coefficient (Wildman–Crippen LogP) is 2.90. The molecule has 0 bridgehead atoms. The van der Waals surface area contributed by atoms with Gasteiger partial charge < -0.3 is 9.84 Å². The number of carbonyl (C=O) groups excluding carboxylic acids is 1. The fourth-order valence-corrected chi connectivity index (χ4v) is 2.65. The summed E-state index contributed by atoms with van der Waals surface area (Å²) < 4.78 is 7.09. The van der Waals surface area contributed by atoms with Crippen LogP contribution in [0.5, 0.6) is 0 Å². The third kappa shape index (κ3) is 2.99. The number of rotatable bonds is 4. The minimum atomic E-state index is -0.174. The highest BCUT2D eigenvalue weighted by molar-refractivity contribution is 5.94. The van der Waals surface area contributed by atoms with E-state index in [1.165, 1.54) is 0 Å². The van der Waals surface area contributed by atoms with E-state index in [9.17, 15) is 4.79 Å². The molecule has 7 nitrogen and oxygen atoms in total. The van der Waals surface area contributed by atoms with Gasteiger partial charge in [0.05, 0.1) is 18.3 Å². The molecule has 3 aromatic heterocycles. The van der Waals surface area contributed by atoms with E-state index >= 15 is 0 Å². The summed E-state index contributed by atoms with van der Waals surface area (Å²) in [6.07, 6.45) is 5.31. The van der Waals surface area contributed by atoms with E-state index in [2.05, 4.69) is 20.4 Å². The van der Waals surface area contributed by atoms with Crippen molar-refractivity contribution in [3.63, 3.8) is 0 Å². The minimum absolute atomic E-state index is 0.138. The second-order valence-corrected chi connectivity index (χ2v) is 5.60. The van der Waals surface area contributed by atoms with E-state index in [-0.39, 0.29) is 12.3 Å². The molecule has 0 radical (unpaired) electrons. The van der Waals surface area contributed by atoms with Crippen molar-refractivity contribution in [3.05, 3.63) is 66.5 Å². The average Bonchev–Trinajstić information content (AvgIpc) is 3.22. The molecular weight excluding hydrogens is 318 g/mol. The van der Waals surface area contributed by atoms with Crippen LogP contribution in [0.15, 0.2) is 59.5 Å². The molecule has 4 rings (SSSR count). The summed E-state index contributed by atoms with van der Waals surface area (Å²) in [4.78, 5) is 20.8. The molecule has 0 spiro atoms. The number of carbonyl (C=O) groups is 1. The van der Waals surface area contributed by atoms with Crippen molar-refractivity contribution >= 4 is 22.6 Å². The Morgan fingerprint density at radius 3 is 2.84 bits per heavy atom. The smallest absolute Gasteiger partial charge is 0.230 e. The molecule has 0 atom stereocenters. The van der Waals surface area contributed by atoms with Gasteiger partial charge in [-0.3, -0.25) is 9.36 Å². The van der Waals surface area contributed by atoms with Crippen LogP contribution in [0.4, 0.5) is 5.69 Å². The molecule has 7 heteroatoms. The van der Waals surface area contributed by atoms with Crippen molar-refractivity contribution in [2.45, 2.75) is 13.3 Å². The van der Waals surface area contributed by atoms with E-state index in [0.717, 1.165) is 17.0 Å². The van der Waals surface area contributed by atoms with Crippen LogP contribution in [0.25, 0.3) is 16.8 Å². The zero-order valence-electron chi connectivity index (χ0n) is 13.5. The standard InChI is InChI=1S/C18H15N5O2/c1-12-19-8-9-23(12)17-7-6-13(11-20-17)21-18(24)10-15-14-4-2-3-5-16(14)25-22-15/h2-9,11H,10H2,1H3,(H,21,24). The van der Waals surface area contributed by atoms with Crippen molar-refractivity contribution in [1.82, 2.24) is 19.7 Å². The number of fused-ring (bicyclic) bond motifs is 1. The van der Waals surface area contributed by atoms with Crippen molar-refractivity contribution in [3.8, 4) is 5.82 Å². The molecule has 4 aromatic rings. The van der Waals surface area contributed by atoms with Crippen LogP contribution in [0.1, 0.15) is 11.5 Å². The van der Waals surface area contributed by atoms with Gasteiger partial charge in [0.2, 0.25) is 5.91 Å². The number of pyridine rings is 1. The fraction of sp³-hybridized carbons (Fsp3) is 0.111. The van der Waals surface area contributed by atoms with Crippen molar-refractivity contribution in [2.24, 2.45) is 0 Å².